The lowest BCUT2D eigenvalue weighted by Gasteiger charge is -2.32. The van der Waals surface area contributed by atoms with Crippen LogP contribution in [0.25, 0.3) is 0 Å². The largest absolute Gasteiger partial charge is 0.325 e. The monoisotopic (exact) mass is 239 g/mol. The SMILES string of the molecule is CC(C)C1NCC(=O)N1CCN1CCCCC1. The summed E-state index contributed by atoms with van der Waals surface area (Å²) in [6.07, 6.45) is 4.25. The predicted octanol–water partition coefficient (Wildman–Crippen LogP) is 0.886. The Morgan fingerprint density at radius 3 is 2.59 bits per heavy atom. The first-order valence-electron chi connectivity index (χ1n) is 6.93. The number of rotatable bonds is 4. The van der Waals surface area contributed by atoms with Crippen molar-refractivity contribution in [1.82, 2.24) is 15.1 Å². The highest BCUT2D eigenvalue weighted by molar-refractivity contribution is 5.80. The Bertz CT molecular complexity index is 261. The summed E-state index contributed by atoms with van der Waals surface area (Å²) in [6.45, 7) is 9.20. The normalized spacial score (nSPS) is 27.1. The first-order chi connectivity index (χ1) is 8.18. The van der Waals surface area contributed by atoms with Crippen LogP contribution in [0.4, 0.5) is 0 Å². The summed E-state index contributed by atoms with van der Waals surface area (Å²) in [4.78, 5) is 16.3. The molecule has 4 nitrogen and oxygen atoms in total. The number of hydrogen-bond acceptors (Lipinski definition) is 3. The predicted molar refractivity (Wildman–Crippen MR) is 68.6 cm³/mol. The van der Waals surface area contributed by atoms with E-state index in [1.165, 1.54) is 32.4 Å². The summed E-state index contributed by atoms with van der Waals surface area (Å²) in [5.41, 5.74) is 0. The second kappa shape index (κ2) is 5.83. The molecule has 2 fully saturated rings. The van der Waals surface area contributed by atoms with Crippen molar-refractivity contribution in [2.75, 3.05) is 32.7 Å². The topological polar surface area (TPSA) is 35.6 Å². The molecule has 0 aromatic rings. The zero-order chi connectivity index (χ0) is 12.3. The zero-order valence-electron chi connectivity index (χ0n) is 11.1. The number of carbonyl (C=O) groups is 1. The van der Waals surface area contributed by atoms with E-state index < -0.39 is 0 Å². The van der Waals surface area contributed by atoms with Gasteiger partial charge in [-0.1, -0.05) is 20.3 Å². The van der Waals surface area contributed by atoms with Gasteiger partial charge >= 0.3 is 0 Å². The third kappa shape index (κ3) is 3.19. The lowest BCUT2D eigenvalue weighted by molar-refractivity contribution is -0.128. The lowest BCUT2D eigenvalue weighted by Crippen LogP contribution is -2.45. The van der Waals surface area contributed by atoms with Crippen LogP contribution in [0.1, 0.15) is 33.1 Å². The molecule has 0 radical (unpaired) electrons. The highest BCUT2D eigenvalue weighted by atomic mass is 16.2. The van der Waals surface area contributed by atoms with E-state index in [2.05, 4.69) is 24.1 Å². The summed E-state index contributed by atoms with van der Waals surface area (Å²) in [6, 6.07) is 0. The molecule has 2 aliphatic rings. The minimum absolute atomic E-state index is 0.243. The molecule has 17 heavy (non-hydrogen) atoms. The van der Waals surface area contributed by atoms with Gasteiger partial charge in [0, 0.05) is 13.1 Å². The molecule has 98 valence electrons. The molecule has 1 N–H and O–H groups in total. The minimum atomic E-state index is 0.243. The fourth-order valence-electron chi connectivity index (χ4n) is 2.85. The van der Waals surface area contributed by atoms with E-state index in [0.717, 1.165) is 13.1 Å². The maximum absolute atomic E-state index is 11.8. The summed E-state index contributed by atoms with van der Waals surface area (Å²) in [7, 11) is 0. The van der Waals surface area contributed by atoms with Gasteiger partial charge in [-0.3, -0.25) is 10.1 Å². The van der Waals surface area contributed by atoms with Gasteiger partial charge in [-0.05, 0) is 31.8 Å². The number of hydrogen-bond donors (Lipinski definition) is 1. The summed E-state index contributed by atoms with van der Waals surface area (Å²) >= 11 is 0. The molecule has 0 aromatic carbocycles. The smallest absolute Gasteiger partial charge is 0.237 e. The van der Waals surface area contributed by atoms with Crippen LogP contribution in [0.5, 0.6) is 0 Å². The minimum Gasteiger partial charge on any atom is -0.325 e. The first-order valence-corrected chi connectivity index (χ1v) is 6.93. The first kappa shape index (κ1) is 12.8. The average molecular weight is 239 g/mol. The van der Waals surface area contributed by atoms with E-state index in [-0.39, 0.29) is 12.1 Å². The van der Waals surface area contributed by atoms with Gasteiger partial charge in [0.1, 0.15) is 0 Å². The molecule has 0 aromatic heterocycles. The highest BCUT2D eigenvalue weighted by Crippen LogP contribution is 2.14. The van der Waals surface area contributed by atoms with Gasteiger partial charge in [0.05, 0.1) is 12.7 Å². The Labute approximate surface area is 104 Å². The van der Waals surface area contributed by atoms with Crippen LogP contribution in [-0.2, 0) is 4.79 Å². The van der Waals surface area contributed by atoms with E-state index in [1.54, 1.807) is 0 Å². The van der Waals surface area contributed by atoms with Crippen LogP contribution in [0.3, 0.4) is 0 Å². The van der Waals surface area contributed by atoms with E-state index in [4.69, 9.17) is 0 Å². The van der Waals surface area contributed by atoms with Crippen molar-refractivity contribution >= 4 is 5.91 Å². The van der Waals surface area contributed by atoms with E-state index in [0.29, 0.717) is 12.5 Å². The molecule has 0 saturated carbocycles. The Balaban J connectivity index is 1.81. The molecule has 2 heterocycles. The van der Waals surface area contributed by atoms with Crippen molar-refractivity contribution in [1.29, 1.82) is 0 Å². The molecular weight excluding hydrogens is 214 g/mol. The van der Waals surface area contributed by atoms with Crippen molar-refractivity contribution < 1.29 is 4.79 Å². The molecule has 0 bridgehead atoms. The van der Waals surface area contributed by atoms with Crippen LogP contribution in [-0.4, -0.2) is 54.6 Å². The molecule has 2 aliphatic heterocycles. The molecule has 4 heteroatoms. The number of likely N-dealkylation sites (tertiary alicyclic amines) is 1. The van der Waals surface area contributed by atoms with E-state index >= 15 is 0 Å². The Hall–Kier alpha value is -0.610. The third-order valence-electron chi connectivity index (χ3n) is 3.86. The fraction of sp³-hybridized carbons (Fsp3) is 0.923. The average Bonchev–Trinajstić information content (AvgIpc) is 2.69. The van der Waals surface area contributed by atoms with Gasteiger partial charge < -0.3 is 9.80 Å². The van der Waals surface area contributed by atoms with Crippen LogP contribution >= 0.6 is 0 Å². The van der Waals surface area contributed by atoms with Gasteiger partial charge in [-0.2, -0.15) is 0 Å². The van der Waals surface area contributed by atoms with Crippen molar-refractivity contribution in [3.8, 4) is 0 Å². The number of nitrogens with zero attached hydrogens (tertiary/aromatic N) is 2. The summed E-state index contributed by atoms with van der Waals surface area (Å²) < 4.78 is 0. The lowest BCUT2D eigenvalue weighted by atomic mass is 10.1. The molecule has 0 spiro atoms. The molecule has 2 rings (SSSR count). The molecular formula is C13H25N3O. The van der Waals surface area contributed by atoms with Crippen LogP contribution < -0.4 is 5.32 Å². The van der Waals surface area contributed by atoms with Crippen LogP contribution in [0.2, 0.25) is 0 Å². The highest BCUT2D eigenvalue weighted by Gasteiger charge is 2.32. The van der Waals surface area contributed by atoms with Crippen molar-refractivity contribution in [2.45, 2.75) is 39.3 Å². The Morgan fingerprint density at radius 1 is 1.24 bits per heavy atom. The summed E-state index contributed by atoms with van der Waals surface area (Å²) in [5, 5.41) is 3.30. The molecule has 1 unspecified atom stereocenters. The zero-order valence-corrected chi connectivity index (χ0v) is 11.1. The standard InChI is InChI=1S/C13H25N3O/c1-11(2)13-14-10-12(17)16(13)9-8-15-6-4-3-5-7-15/h11,13-14H,3-10H2,1-2H3. The Morgan fingerprint density at radius 2 is 1.94 bits per heavy atom. The maximum atomic E-state index is 11.8. The van der Waals surface area contributed by atoms with Gasteiger partial charge in [0.15, 0.2) is 0 Å². The van der Waals surface area contributed by atoms with Gasteiger partial charge in [-0.15, -0.1) is 0 Å². The van der Waals surface area contributed by atoms with E-state index in [9.17, 15) is 4.79 Å². The van der Waals surface area contributed by atoms with Gasteiger partial charge in [-0.25, -0.2) is 0 Å². The maximum Gasteiger partial charge on any atom is 0.237 e. The molecule has 2 saturated heterocycles. The third-order valence-corrected chi connectivity index (χ3v) is 3.86. The number of nitrogens with one attached hydrogen (secondary N) is 1. The molecule has 1 atom stereocenters. The van der Waals surface area contributed by atoms with Crippen molar-refractivity contribution in [2.24, 2.45) is 5.92 Å². The van der Waals surface area contributed by atoms with Gasteiger partial charge in [0.25, 0.3) is 0 Å². The van der Waals surface area contributed by atoms with E-state index in [1.807, 2.05) is 4.90 Å². The number of amides is 1. The second-order valence-electron chi connectivity index (χ2n) is 5.56. The quantitative estimate of drug-likeness (QED) is 0.791. The van der Waals surface area contributed by atoms with Gasteiger partial charge in [0.2, 0.25) is 5.91 Å². The molecule has 1 amide bonds. The molecule has 0 aliphatic carbocycles. The number of piperidine rings is 1. The van der Waals surface area contributed by atoms with Crippen molar-refractivity contribution in [3.63, 3.8) is 0 Å². The Kier molecular flexibility index (Phi) is 4.40. The second-order valence-corrected chi connectivity index (χ2v) is 5.56. The van der Waals surface area contributed by atoms with Crippen molar-refractivity contribution in [3.05, 3.63) is 0 Å². The fourth-order valence-corrected chi connectivity index (χ4v) is 2.85. The number of carbonyl (C=O) groups excluding carboxylic acids is 1. The summed E-state index contributed by atoms with van der Waals surface area (Å²) in [5.74, 6) is 0.753. The van der Waals surface area contributed by atoms with Crippen LogP contribution in [0, 0.1) is 5.92 Å². The van der Waals surface area contributed by atoms with Crippen LogP contribution in [0.15, 0.2) is 0 Å².